The molecule has 1 fully saturated rings. The van der Waals surface area contributed by atoms with Crippen LogP contribution in [0.25, 0.3) is 0 Å². The molecule has 7 heteroatoms. The molecule has 0 aromatic heterocycles. The molecule has 0 aliphatic carbocycles. The topological polar surface area (TPSA) is 110 Å². The lowest BCUT2D eigenvalue weighted by molar-refractivity contribution is -0.123. The normalized spacial score (nSPS) is 18.1. The van der Waals surface area contributed by atoms with Crippen LogP contribution in [0.15, 0.2) is 18.2 Å². The van der Waals surface area contributed by atoms with E-state index in [1.54, 1.807) is 0 Å². The van der Waals surface area contributed by atoms with E-state index >= 15 is 0 Å². The maximum absolute atomic E-state index is 11.9. The van der Waals surface area contributed by atoms with Crippen LogP contribution < -0.4 is 10.6 Å². The van der Waals surface area contributed by atoms with E-state index in [1.165, 1.54) is 30.2 Å². The van der Waals surface area contributed by atoms with Gasteiger partial charge in [-0.1, -0.05) is 0 Å². The third-order valence-corrected chi connectivity index (χ3v) is 3.21. The maximum Gasteiger partial charge on any atom is 0.337 e. The monoisotopic (exact) mass is 278 g/mol. The molecule has 20 heavy (non-hydrogen) atoms. The number of ether oxygens (including phenoxy) is 1. The van der Waals surface area contributed by atoms with Crippen LogP contribution in [0.3, 0.4) is 0 Å². The summed E-state index contributed by atoms with van der Waals surface area (Å²) >= 11 is 0. The van der Waals surface area contributed by atoms with Gasteiger partial charge in [0.15, 0.2) is 0 Å². The molecule has 0 spiro atoms. The molecule has 1 aliphatic heterocycles. The van der Waals surface area contributed by atoms with Gasteiger partial charge in [0, 0.05) is 13.0 Å². The number of benzene rings is 1. The molecule has 2 rings (SSSR count). The number of aromatic hydroxyl groups is 1. The van der Waals surface area contributed by atoms with Crippen LogP contribution in [0.2, 0.25) is 0 Å². The summed E-state index contributed by atoms with van der Waals surface area (Å²) in [6, 6.07) is 4.03. The minimum absolute atomic E-state index is 0.00275. The lowest BCUT2D eigenvalue weighted by atomic mass is 10.1. The second kappa shape index (κ2) is 5.20. The van der Waals surface area contributed by atoms with E-state index in [0.717, 1.165) is 0 Å². The fourth-order valence-corrected chi connectivity index (χ4v) is 2.12. The highest BCUT2D eigenvalue weighted by Crippen LogP contribution is 2.33. The molecule has 3 N–H and O–H groups in total. The fraction of sp³-hybridized carbons (Fsp3) is 0.308. The third kappa shape index (κ3) is 2.42. The Morgan fingerprint density at radius 1 is 1.45 bits per heavy atom. The number of nitrogens with two attached hydrogens (primary N) is 1. The number of phenolic OH excluding ortho intramolecular Hbond substituents is 1. The summed E-state index contributed by atoms with van der Waals surface area (Å²) in [7, 11) is 1.24. The molecule has 1 atom stereocenters. The van der Waals surface area contributed by atoms with Crippen LogP contribution in [-0.4, -0.2) is 36.5 Å². The molecule has 106 valence electrons. The summed E-state index contributed by atoms with van der Waals surface area (Å²) in [5.74, 6) is -2.22. The van der Waals surface area contributed by atoms with Crippen molar-refractivity contribution in [2.45, 2.75) is 6.42 Å². The number of carbonyl (C=O) groups excluding carboxylic acids is 3. The zero-order valence-electron chi connectivity index (χ0n) is 10.8. The smallest absolute Gasteiger partial charge is 0.337 e. The van der Waals surface area contributed by atoms with Crippen LogP contribution in [0, 0.1) is 5.92 Å². The number of amides is 2. The van der Waals surface area contributed by atoms with Crippen molar-refractivity contribution in [3.05, 3.63) is 23.8 Å². The molecule has 7 nitrogen and oxygen atoms in total. The molecule has 0 bridgehead atoms. The predicted octanol–water partition coefficient (Wildman–Crippen LogP) is 0.0170. The largest absolute Gasteiger partial charge is 0.506 e. The molecule has 1 unspecified atom stereocenters. The van der Waals surface area contributed by atoms with E-state index in [4.69, 9.17) is 5.73 Å². The Labute approximate surface area is 114 Å². The molecule has 0 saturated carbocycles. The maximum atomic E-state index is 11.9. The Balaban J connectivity index is 2.35. The Morgan fingerprint density at radius 3 is 2.70 bits per heavy atom. The lowest BCUT2D eigenvalue weighted by Crippen LogP contribution is -2.28. The number of nitrogens with zero attached hydrogens (tertiary/aromatic N) is 1. The standard InChI is InChI=1S/C13H14N2O5/c1-20-13(19)7-2-3-10(16)9(4-7)15-6-8(12(14)18)5-11(15)17/h2-4,8,16H,5-6H2,1H3,(H2,14,18). The Kier molecular flexibility index (Phi) is 3.60. The summed E-state index contributed by atoms with van der Waals surface area (Å²) in [5, 5.41) is 9.83. The summed E-state index contributed by atoms with van der Waals surface area (Å²) in [6.07, 6.45) is -0.00275. The first-order chi connectivity index (χ1) is 9.43. The number of methoxy groups -OCH3 is 1. The molecule has 1 heterocycles. The molecule has 1 saturated heterocycles. The quantitative estimate of drug-likeness (QED) is 0.757. The minimum atomic E-state index is -0.594. The average Bonchev–Trinajstić information content (AvgIpc) is 2.80. The molecule has 2 amide bonds. The molecule has 1 aromatic carbocycles. The van der Waals surface area contributed by atoms with E-state index in [-0.39, 0.29) is 35.9 Å². The highest BCUT2D eigenvalue weighted by molar-refractivity contribution is 6.02. The molecule has 1 aromatic rings. The second-order valence-electron chi connectivity index (χ2n) is 4.50. The van der Waals surface area contributed by atoms with Gasteiger partial charge in [-0.2, -0.15) is 0 Å². The van der Waals surface area contributed by atoms with Gasteiger partial charge in [-0.3, -0.25) is 9.59 Å². The van der Waals surface area contributed by atoms with Crippen molar-refractivity contribution in [1.29, 1.82) is 0 Å². The fourth-order valence-electron chi connectivity index (χ4n) is 2.12. The first kappa shape index (κ1) is 13.9. The van der Waals surface area contributed by atoms with Gasteiger partial charge in [-0.05, 0) is 18.2 Å². The zero-order valence-corrected chi connectivity index (χ0v) is 10.8. The summed E-state index contributed by atoms with van der Waals surface area (Å²) in [6.45, 7) is 0.0896. The molecular weight excluding hydrogens is 264 g/mol. The summed E-state index contributed by atoms with van der Waals surface area (Å²) in [5.41, 5.74) is 5.56. The Bertz CT molecular complexity index is 584. The van der Waals surface area contributed by atoms with E-state index < -0.39 is 17.8 Å². The summed E-state index contributed by atoms with van der Waals surface area (Å²) in [4.78, 5) is 35.7. The van der Waals surface area contributed by atoms with Crippen molar-refractivity contribution >= 4 is 23.5 Å². The van der Waals surface area contributed by atoms with E-state index in [2.05, 4.69) is 4.74 Å². The van der Waals surface area contributed by atoms with Crippen LogP contribution >= 0.6 is 0 Å². The number of hydrogen-bond donors (Lipinski definition) is 2. The van der Waals surface area contributed by atoms with Crippen molar-refractivity contribution in [1.82, 2.24) is 0 Å². The number of esters is 1. The number of phenols is 1. The van der Waals surface area contributed by atoms with Crippen molar-refractivity contribution in [3.8, 4) is 5.75 Å². The van der Waals surface area contributed by atoms with Gasteiger partial charge in [-0.25, -0.2) is 4.79 Å². The van der Waals surface area contributed by atoms with Gasteiger partial charge >= 0.3 is 5.97 Å². The van der Waals surface area contributed by atoms with Crippen LogP contribution in [0.1, 0.15) is 16.8 Å². The van der Waals surface area contributed by atoms with Gasteiger partial charge in [0.2, 0.25) is 11.8 Å². The highest BCUT2D eigenvalue weighted by Gasteiger charge is 2.35. The van der Waals surface area contributed by atoms with E-state index in [9.17, 15) is 19.5 Å². The van der Waals surface area contributed by atoms with Gasteiger partial charge in [0.25, 0.3) is 0 Å². The SMILES string of the molecule is COC(=O)c1ccc(O)c(N2CC(C(N)=O)CC2=O)c1. The lowest BCUT2D eigenvalue weighted by Gasteiger charge is -2.18. The van der Waals surface area contributed by atoms with Crippen LogP contribution in [0.5, 0.6) is 5.75 Å². The van der Waals surface area contributed by atoms with Gasteiger partial charge in [-0.15, -0.1) is 0 Å². The minimum Gasteiger partial charge on any atom is -0.506 e. The number of primary amides is 1. The molecular formula is C13H14N2O5. The van der Waals surface area contributed by atoms with Gasteiger partial charge in [0.05, 0.1) is 24.3 Å². The summed E-state index contributed by atoms with van der Waals surface area (Å²) < 4.78 is 4.58. The Morgan fingerprint density at radius 2 is 2.15 bits per heavy atom. The highest BCUT2D eigenvalue weighted by atomic mass is 16.5. The number of anilines is 1. The van der Waals surface area contributed by atoms with Crippen LogP contribution in [0.4, 0.5) is 5.69 Å². The van der Waals surface area contributed by atoms with Gasteiger partial charge < -0.3 is 20.5 Å². The first-order valence-corrected chi connectivity index (χ1v) is 5.95. The number of carbonyl (C=O) groups is 3. The zero-order chi connectivity index (χ0) is 14.9. The van der Waals surface area contributed by atoms with Gasteiger partial charge in [0.1, 0.15) is 5.75 Å². The van der Waals surface area contributed by atoms with Crippen LogP contribution in [-0.2, 0) is 14.3 Å². The molecule has 1 aliphatic rings. The second-order valence-corrected chi connectivity index (χ2v) is 4.50. The van der Waals surface area contributed by atoms with E-state index in [0.29, 0.717) is 0 Å². The van der Waals surface area contributed by atoms with Crippen molar-refractivity contribution < 1.29 is 24.2 Å². The molecule has 0 radical (unpaired) electrons. The average molecular weight is 278 g/mol. The van der Waals surface area contributed by atoms with E-state index in [1.807, 2.05) is 0 Å². The predicted molar refractivity (Wildman–Crippen MR) is 69.1 cm³/mol. The first-order valence-electron chi connectivity index (χ1n) is 5.95. The van der Waals surface area contributed by atoms with Crippen molar-refractivity contribution in [2.24, 2.45) is 11.7 Å². The Hall–Kier alpha value is -2.57. The number of hydrogen-bond acceptors (Lipinski definition) is 5. The van der Waals surface area contributed by atoms with Crippen molar-refractivity contribution in [2.75, 3.05) is 18.6 Å². The third-order valence-electron chi connectivity index (χ3n) is 3.21. The van der Waals surface area contributed by atoms with Crippen molar-refractivity contribution in [3.63, 3.8) is 0 Å². The number of rotatable bonds is 3.